The van der Waals surface area contributed by atoms with Crippen molar-refractivity contribution in [2.24, 2.45) is 5.10 Å². The van der Waals surface area contributed by atoms with Gasteiger partial charge in [-0.15, -0.1) is 0 Å². The van der Waals surface area contributed by atoms with E-state index in [1.807, 2.05) is 30.3 Å². The average Bonchev–Trinajstić information content (AvgIpc) is 2.75. The topological polar surface area (TPSA) is 82.0 Å². The van der Waals surface area contributed by atoms with E-state index >= 15 is 0 Å². The number of carbonyl (C=O) groups excluding carboxylic acids is 2. The van der Waals surface area contributed by atoms with Crippen LogP contribution in [0.5, 0.6) is 5.75 Å². The Labute approximate surface area is 178 Å². The predicted molar refractivity (Wildman–Crippen MR) is 118 cm³/mol. The summed E-state index contributed by atoms with van der Waals surface area (Å²) in [6.45, 7) is 1.49. The SMILES string of the molecule is CC(=O)c1ccc2c(c1)N(C(=O)CN/N=C/c1ccc(O)cc1)c1ccccc1S2. The Morgan fingerprint density at radius 2 is 1.77 bits per heavy atom. The maximum absolute atomic E-state index is 13.1. The smallest absolute Gasteiger partial charge is 0.252 e. The van der Waals surface area contributed by atoms with Gasteiger partial charge >= 0.3 is 0 Å². The van der Waals surface area contributed by atoms with Crippen molar-refractivity contribution in [2.75, 3.05) is 11.4 Å². The second-order valence-corrected chi connectivity index (χ2v) is 7.81. The molecule has 0 radical (unpaired) electrons. The summed E-state index contributed by atoms with van der Waals surface area (Å²) in [6.07, 6.45) is 1.58. The standard InChI is InChI=1S/C23H19N3O3S/c1-15(27)17-8-11-22-20(12-17)26(19-4-2-3-5-21(19)30-22)23(29)14-25-24-13-16-6-9-18(28)10-7-16/h2-13,25,28H,14H2,1H3/b24-13+. The fourth-order valence-electron chi connectivity index (χ4n) is 3.12. The molecule has 1 amide bonds. The van der Waals surface area contributed by atoms with E-state index in [2.05, 4.69) is 10.5 Å². The van der Waals surface area contributed by atoms with Crippen LogP contribution in [0.3, 0.4) is 0 Å². The van der Waals surface area contributed by atoms with Gasteiger partial charge in [0.05, 0.1) is 17.6 Å². The number of para-hydroxylation sites is 1. The minimum Gasteiger partial charge on any atom is -0.508 e. The van der Waals surface area contributed by atoms with Gasteiger partial charge in [0.15, 0.2) is 5.78 Å². The summed E-state index contributed by atoms with van der Waals surface area (Å²) in [7, 11) is 0. The highest BCUT2D eigenvalue weighted by atomic mass is 32.2. The number of aromatic hydroxyl groups is 1. The Hall–Kier alpha value is -3.58. The number of anilines is 2. The lowest BCUT2D eigenvalue weighted by atomic mass is 10.1. The van der Waals surface area contributed by atoms with Crippen LogP contribution in [0.2, 0.25) is 0 Å². The van der Waals surface area contributed by atoms with Gasteiger partial charge in [0, 0.05) is 15.4 Å². The number of ketones is 1. The molecular formula is C23H19N3O3S. The molecule has 4 rings (SSSR count). The largest absolute Gasteiger partial charge is 0.508 e. The quantitative estimate of drug-likeness (QED) is 0.366. The molecule has 3 aromatic rings. The molecule has 6 nitrogen and oxygen atoms in total. The van der Waals surface area contributed by atoms with Gasteiger partial charge in [-0.3, -0.25) is 14.5 Å². The zero-order valence-corrected chi connectivity index (χ0v) is 17.0. The first kappa shape index (κ1) is 19.7. The summed E-state index contributed by atoms with van der Waals surface area (Å²) >= 11 is 1.58. The molecule has 0 aromatic heterocycles. The number of phenols is 1. The maximum Gasteiger partial charge on any atom is 0.252 e. The molecule has 7 heteroatoms. The zero-order chi connectivity index (χ0) is 21.1. The summed E-state index contributed by atoms with van der Waals surface area (Å²) in [6, 6.07) is 19.7. The van der Waals surface area contributed by atoms with Crippen LogP contribution in [0.25, 0.3) is 0 Å². The normalized spacial score (nSPS) is 12.4. The first-order valence-electron chi connectivity index (χ1n) is 9.33. The van der Waals surface area contributed by atoms with E-state index in [1.165, 1.54) is 6.92 Å². The Morgan fingerprint density at radius 1 is 1.03 bits per heavy atom. The summed E-state index contributed by atoms with van der Waals surface area (Å²) in [5.74, 6) is -0.0567. The number of amides is 1. The van der Waals surface area contributed by atoms with Crippen molar-refractivity contribution in [3.63, 3.8) is 0 Å². The third-order valence-corrected chi connectivity index (χ3v) is 5.74. The molecule has 3 aromatic carbocycles. The minimum absolute atomic E-state index is 0.0165. The first-order valence-corrected chi connectivity index (χ1v) is 10.1. The third kappa shape index (κ3) is 4.06. The van der Waals surface area contributed by atoms with Gasteiger partial charge < -0.3 is 10.5 Å². The fourth-order valence-corrected chi connectivity index (χ4v) is 4.15. The van der Waals surface area contributed by atoms with Gasteiger partial charge in [-0.05, 0) is 61.0 Å². The van der Waals surface area contributed by atoms with Crippen molar-refractivity contribution in [1.82, 2.24) is 5.43 Å². The van der Waals surface area contributed by atoms with Crippen molar-refractivity contribution < 1.29 is 14.7 Å². The van der Waals surface area contributed by atoms with Gasteiger partial charge in [-0.25, -0.2) is 0 Å². The number of nitrogens with zero attached hydrogens (tertiary/aromatic N) is 2. The van der Waals surface area contributed by atoms with Crippen molar-refractivity contribution in [3.8, 4) is 5.75 Å². The highest BCUT2D eigenvalue weighted by molar-refractivity contribution is 7.99. The molecule has 0 spiro atoms. The van der Waals surface area contributed by atoms with E-state index in [-0.39, 0.29) is 24.0 Å². The van der Waals surface area contributed by atoms with Crippen molar-refractivity contribution >= 4 is 41.0 Å². The second-order valence-electron chi connectivity index (χ2n) is 6.72. The predicted octanol–water partition coefficient (Wildman–Crippen LogP) is 4.35. The van der Waals surface area contributed by atoms with E-state index in [1.54, 1.807) is 59.3 Å². The number of phenolic OH excluding ortho intramolecular Hbond substituents is 1. The molecule has 0 saturated heterocycles. The Balaban J connectivity index is 1.57. The highest BCUT2D eigenvalue weighted by Gasteiger charge is 2.28. The van der Waals surface area contributed by atoms with Crippen molar-refractivity contribution in [3.05, 3.63) is 77.9 Å². The number of hydrazone groups is 1. The number of nitrogens with one attached hydrogen (secondary N) is 1. The molecule has 1 aliphatic rings. The molecule has 1 heterocycles. The van der Waals surface area contributed by atoms with Gasteiger partial charge in [-0.1, -0.05) is 30.0 Å². The minimum atomic E-state index is -0.187. The van der Waals surface area contributed by atoms with Crippen LogP contribution in [0, 0.1) is 0 Å². The monoisotopic (exact) mass is 417 g/mol. The van der Waals surface area contributed by atoms with Crippen LogP contribution in [0.15, 0.2) is 81.6 Å². The van der Waals surface area contributed by atoms with Gasteiger partial charge in [0.25, 0.3) is 5.91 Å². The Morgan fingerprint density at radius 3 is 2.53 bits per heavy atom. The third-order valence-electron chi connectivity index (χ3n) is 4.61. The molecule has 2 N–H and O–H groups in total. The van der Waals surface area contributed by atoms with Gasteiger partial charge in [-0.2, -0.15) is 5.10 Å². The van der Waals surface area contributed by atoms with Crippen LogP contribution in [0.4, 0.5) is 11.4 Å². The van der Waals surface area contributed by atoms with E-state index in [0.717, 1.165) is 21.0 Å². The summed E-state index contributed by atoms with van der Waals surface area (Å²) < 4.78 is 0. The van der Waals surface area contributed by atoms with Crippen LogP contribution in [-0.4, -0.2) is 29.6 Å². The molecule has 0 aliphatic carbocycles. The maximum atomic E-state index is 13.1. The average molecular weight is 417 g/mol. The summed E-state index contributed by atoms with van der Waals surface area (Å²) in [5.41, 5.74) is 5.62. The Bertz CT molecular complexity index is 1140. The lowest BCUT2D eigenvalue weighted by Crippen LogP contribution is -2.35. The molecule has 0 fully saturated rings. The highest BCUT2D eigenvalue weighted by Crippen LogP contribution is 2.48. The zero-order valence-electron chi connectivity index (χ0n) is 16.2. The van der Waals surface area contributed by atoms with Crippen LogP contribution < -0.4 is 10.3 Å². The molecule has 0 atom stereocenters. The molecule has 150 valence electrons. The van der Waals surface area contributed by atoms with E-state index < -0.39 is 0 Å². The molecular weight excluding hydrogens is 398 g/mol. The van der Waals surface area contributed by atoms with Crippen LogP contribution in [-0.2, 0) is 4.79 Å². The molecule has 30 heavy (non-hydrogen) atoms. The number of Topliss-reactive ketones (excluding diaryl/α,β-unsaturated/α-hetero) is 1. The molecule has 0 unspecified atom stereocenters. The molecule has 1 aliphatic heterocycles. The fraction of sp³-hybridized carbons (Fsp3) is 0.0870. The molecule has 0 bridgehead atoms. The summed E-state index contributed by atoms with van der Waals surface area (Å²) in [5, 5.41) is 13.4. The van der Waals surface area contributed by atoms with E-state index in [9.17, 15) is 14.7 Å². The van der Waals surface area contributed by atoms with Crippen LogP contribution in [0.1, 0.15) is 22.8 Å². The van der Waals surface area contributed by atoms with E-state index in [0.29, 0.717) is 11.3 Å². The second kappa shape index (κ2) is 8.42. The molecule has 0 saturated carbocycles. The lowest BCUT2D eigenvalue weighted by molar-refractivity contribution is -0.117. The first-order chi connectivity index (χ1) is 14.5. The van der Waals surface area contributed by atoms with Crippen molar-refractivity contribution in [1.29, 1.82) is 0 Å². The number of fused-ring (bicyclic) bond motifs is 2. The number of carbonyl (C=O) groups is 2. The van der Waals surface area contributed by atoms with Crippen LogP contribution >= 0.6 is 11.8 Å². The lowest BCUT2D eigenvalue weighted by Gasteiger charge is -2.31. The summed E-state index contributed by atoms with van der Waals surface area (Å²) in [4.78, 5) is 28.5. The van der Waals surface area contributed by atoms with Gasteiger partial charge in [0.2, 0.25) is 0 Å². The number of benzene rings is 3. The number of hydrogen-bond acceptors (Lipinski definition) is 6. The number of rotatable bonds is 5. The van der Waals surface area contributed by atoms with Crippen molar-refractivity contribution in [2.45, 2.75) is 16.7 Å². The van der Waals surface area contributed by atoms with E-state index in [4.69, 9.17) is 0 Å². The Kier molecular flexibility index (Phi) is 5.54. The number of hydrogen-bond donors (Lipinski definition) is 2. The van der Waals surface area contributed by atoms with Gasteiger partial charge in [0.1, 0.15) is 12.3 Å².